The number of urea groups is 1. The number of carbonyl (C=O) groups is 1. The van der Waals surface area contributed by atoms with Crippen molar-refractivity contribution in [3.05, 3.63) is 66.4 Å². The molecule has 14 nitrogen and oxygen atoms in total. The molecule has 3 aromatic heterocycles. The molecule has 234 valence electrons. The molecule has 0 bridgehead atoms. The number of alkyl halides is 3. The smallest absolute Gasteiger partial charge is 0.404 e. The van der Waals surface area contributed by atoms with E-state index in [0.29, 0.717) is 28.0 Å². The molecule has 1 aliphatic heterocycles. The van der Waals surface area contributed by atoms with Gasteiger partial charge in [-0.2, -0.15) is 27.8 Å². The largest absolute Gasteiger partial charge is 0.405 e. The number of fused-ring (bicyclic) bond motifs is 1. The lowest BCUT2D eigenvalue weighted by Gasteiger charge is -2.45. The highest BCUT2D eigenvalue weighted by Gasteiger charge is 2.49. The first-order valence-electron chi connectivity index (χ1n) is 13.2. The van der Waals surface area contributed by atoms with Crippen LogP contribution in [0, 0.1) is 18.3 Å². The molecule has 0 saturated carbocycles. The predicted molar refractivity (Wildman–Crippen MR) is 155 cm³/mol. The van der Waals surface area contributed by atoms with Crippen LogP contribution < -0.4 is 16.4 Å². The Labute approximate surface area is 254 Å². The molecule has 0 unspecified atom stereocenters. The number of hydrogen-bond donors (Lipinski definition) is 3. The Balaban J connectivity index is 1.32. The van der Waals surface area contributed by atoms with Gasteiger partial charge >= 0.3 is 12.2 Å². The van der Waals surface area contributed by atoms with Crippen molar-refractivity contribution in [2.24, 2.45) is 10.7 Å². The summed E-state index contributed by atoms with van der Waals surface area (Å²) in [6.07, 6.45) is 2.37. The number of sulfonamides is 1. The molecule has 1 aromatic carbocycles. The molecule has 18 heteroatoms. The predicted octanol–water partition coefficient (Wildman–Crippen LogP) is 3.10. The van der Waals surface area contributed by atoms with Crippen LogP contribution in [-0.2, 0) is 10.0 Å². The minimum Gasteiger partial charge on any atom is -0.404 e. The van der Waals surface area contributed by atoms with Crippen molar-refractivity contribution >= 4 is 39.2 Å². The van der Waals surface area contributed by atoms with E-state index in [1.54, 1.807) is 29.6 Å². The fourth-order valence-electron chi connectivity index (χ4n) is 4.61. The summed E-state index contributed by atoms with van der Waals surface area (Å²) in [5.41, 5.74) is 7.69. The highest BCUT2D eigenvalue weighted by Crippen LogP contribution is 2.34. The summed E-state index contributed by atoms with van der Waals surface area (Å²) in [4.78, 5) is 20.8. The van der Waals surface area contributed by atoms with Crippen LogP contribution in [0.2, 0.25) is 0 Å². The third kappa shape index (κ3) is 6.63. The third-order valence-electron chi connectivity index (χ3n) is 6.89. The number of aryl methyl sites for hydroxylation is 1. The lowest BCUT2D eigenvalue weighted by molar-refractivity contribution is -0.122. The number of nitrogens with two attached hydrogens (primary N) is 1. The van der Waals surface area contributed by atoms with E-state index in [4.69, 9.17) is 10.3 Å². The molecule has 4 N–H and O–H groups in total. The number of halogens is 3. The van der Waals surface area contributed by atoms with Gasteiger partial charge in [-0.1, -0.05) is 17.3 Å². The zero-order valence-electron chi connectivity index (χ0n) is 23.5. The van der Waals surface area contributed by atoms with Gasteiger partial charge in [0.15, 0.2) is 11.4 Å². The molecule has 0 aliphatic carbocycles. The van der Waals surface area contributed by atoms with Gasteiger partial charge in [0.25, 0.3) is 0 Å². The number of carbonyl (C=O) groups excluding carboxylic acids is 1. The van der Waals surface area contributed by atoms with Gasteiger partial charge in [0.1, 0.15) is 17.0 Å². The van der Waals surface area contributed by atoms with Crippen LogP contribution in [0.3, 0.4) is 0 Å². The molecular formula is C27H25F3N10O4S. The number of nitrogens with zero attached hydrogens (tertiary/aromatic N) is 7. The van der Waals surface area contributed by atoms with Crippen LogP contribution in [0.4, 0.5) is 23.7 Å². The van der Waals surface area contributed by atoms with E-state index in [1.165, 1.54) is 46.6 Å². The van der Waals surface area contributed by atoms with Gasteiger partial charge < -0.3 is 20.9 Å². The number of amides is 2. The van der Waals surface area contributed by atoms with Crippen molar-refractivity contribution in [2.45, 2.75) is 30.0 Å². The number of aromatic nitrogens is 4. The van der Waals surface area contributed by atoms with Crippen molar-refractivity contribution in [2.75, 3.05) is 25.0 Å². The molecule has 5 rings (SSSR count). The lowest BCUT2D eigenvalue weighted by Crippen LogP contribution is -2.62. The average molecular weight is 643 g/mol. The molecule has 4 heterocycles. The monoisotopic (exact) mass is 642 g/mol. The highest BCUT2D eigenvalue weighted by molar-refractivity contribution is 7.89. The van der Waals surface area contributed by atoms with Crippen LogP contribution in [0.1, 0.15) is 17.7 Å². The van der Waals surface area contributed by atoms with Gasteiger partial charge in [0, 0.05) is 47.9 Å². The van der Waals surface area contributed by atoms with Crippen molar-refractivity contribution in [3.8, 4) is 17.3 Å². The van der Waals surface area contributed by atoms with Gasteiger partial charge in [-0.25, -0.2) is 22.7 Å². The van der Waals surface area contributed by atoms with Crippen LogP contribution in [0.5, 0.6) is 0 Å². The second-order valence-electron chi connectivity index (χ2n) is 10.1. The Hall–Kier alpha value is -5.28. The SMILES string of the molecule is Cc1oncc1S(=O)(=O)N1CC(CC#N)(N=CC(=CN)c2cnn3c(-c4cccc(NC(=O)NCC(F)(F)F)c4)cnc3c2)C1. The Morgan fingerprint density at radius 2 is 2.04 bits per heavy atom. The van der Waals surface area contributed by atoms with E-state index in [1.807, 2.05) is 0 Å². The first-order valence-corrected chi connectivity index (χ1v) is 14.6. The number of anilines is 1. The number of aliphatic imine (C=N–C) groups is 1. The normalized spacial score (nSPS) is 15.6. The average Bonchev–Trinajstić information content (AvgIpc) is 3.60. The Morgan fingerprint density at radius 1 is 1.27 bits per heavy atom. The van der Waals surface area contributed by atoms with Crippen molar-refractivity contribution in [3.63, 3.8) is 0 Å². The number of nitrogens with one attached hydrogen (secondary N) is 2. The van der Waals surface area contributed by atoms with Crippen LogP contribution in [0.15, 0.2) is 69.5 Å². The molecule has 2 amide bonds. The number of allylic oxidation sites excluding steroid dienone is 1. The molecule has 0 radical (unpaired) electrons. The minimum absolute atomic E-state index is 0.0271. The van der Waals surface area contributed by atoms with Crippen molar-refractivity contribution in [1.29, 1.82) is 5.26 Å². The maximum atomic E-state index is 12.9. The topological polar surface area (TPSA) is 197 Å². The molecular weight excluding hydrogens is 617 g/mol. The van der Waals surface area contributed by atoms with E-state index < -0.39 is 34.3 Å². The van der Waals surface area contributed by atoms with Gasteiger partial charge in [0.2, 0.25) is 10.0 Å². The molecule has 0 atom stereocenters. The number of imidazole rings is 1. The zero-order valence-corrected chi connectivity index (χ0v) is 24.3. The van der Waals surface area contributed by atoms with Gasteiger partial charge in [0.05, 0.1) is 36.8 Å². The third-order valence-corrected chi connectivity index (χ3v) is 8.78. The summed E-state index contributed by atoms with van der Waals surface area (Å²) in [5.74, 6) is 0.159. The van der Waals surface area contributed by atoms with Crippen molar-refractivity contribution in [1.82, 2.24) is 29.4 Å². The molecule has 1 fully saturated rings. The van der Waals surface area contributed by atoms with E-state index in [0.717, 1.165) is 6.20 Å². The number of nitriles is 1. The summed E-state index contributed by atoms with van der Waals surface area (Å²) in [6.45, 7) is -0.0280. The van der Waals surface area contributed by atoms with Gasteiger partial charge in [-0.3, -0.25) is 4.99 Å². The first-order chi connectivity index (χ1) is 21.3. The molecule has 45 heavy (non-hydrogen) atoms. The Morgan fingerprint density at radius 3 is 2.71 bits per heavy atom. The second kappa shape index (κ2) is 12.0. The first kappa shape index (κ1) is 31.2. The summed E-state index contributed by atoms with van der Waals surface area (Å²) in [7, 11) is -3.87. The van der Waals surface area contributed by atoms with Crippen LogP contribution >= 0.6 is 0 Å². The van der Waals surface area contributed by atoms with Crippen LogP contribution in [0.25, 0.3) is 22.5 Å². The summed E-state index contributed by atoms with van der Waals surface area (Å²) in [5, 5.41) is 21.5. The Bertz CT molecular complexity index is 1950. The van der Waals surface area contributed by atoms with E-state index in [2.05, 4.69) is 31.6 Å². The molecule has 4 aromatic rings. The molecule has 1 saturated heterocycles. The summed E-state index contributed by atoms with van der Waals surface area (Å²) >= 11 is 0. The number of rotatable bonds is 9. The summed E-state index contributed by atoms with van der Waals surface area (Å²) in [6, 6.07) is 9.17. The number of benzene rings is 1. The maximum Gasteiger partial charge on any atom is 0.405 e. The fraction of sp³-hybridized carbons (Fsp3) is 0.259. The molecule has 1 aliphatic rings. The number of hydrogen-bond acceptors (Lipinski definition) is 10. The standard InChI is InChI=1S/C27H25F3N10O4S/c1-17-23(13-37-44-17)45(42,43)39-15-26(16-39,5-6-31)35-10-20(9-32)19-8-24-33-12-22(40(24)36-11-19)18-3-2-4-21(7-18)38-25(41)34-14-27(28,29)30/h2-4,7-13H,5,14-16,32H2,1H3,(H2,34,38,41). The van der Waals surface area contributed by atoms with Crippen molar-refractivity contribution < 1.29 is 30.9 Å². The quantitative estimate of drug-likeness (QED) is 0.230. The zero-order chi connectivity index (χ0) is 32.4. The maximum absolute atomic E-state index is 12.9. The lowest BCUT2D eigenvalue weighted by atomic mass is 9.90. The second-order valence-corrected chi connectivity index (χ2v) is 12.0. The molecule has 0 spiro atoms. The minimum atomic E-state index is -4.54. The fourth-order valence-corrected chi connectivity index (χ4v) is 6.28. The van der Waals surface area contributed by atoms with E-state index in [-0.39, 0.29) is 35.9 Å². The van der Waals surface area contributed by atoms with E-state index >= 15 is 0 Å². The van der Waals surface area contributed by atoms with Gasteiger partial charge in [-0.15, -0.1) is 0 Å². The summed E-state index contributed by atoms with van der Waals surface area (Å²) < 4.78 is 70.7. The highest BCUT2D eigenvalue weighted by atomic mass is 32.2. The van der Waals surface area contributed by atoms with E-state index in [9.17, 15) is 31.6 Å². The van der Waals surface area contributed by atoms with Crippen LogP contribution in [-0.4, -0.2) is 76.1 Å². The Kier molecular flexibility index (Phi) is 8.32. The van der Waals surface area contributed by atoms with Gasteiger partial charge in [-0.05, 0) is 25.1 Å².